The van der Waals surface area contributed by atoms with E-state index in [1.807, 2.05) is 0 Å². The molecule has 1 saturated heterocycles. The quantitative estimate of drug-likeness (QED) is 0.864. The van der Waals surface area contributed by atoms with Gasteiger partial charge < -0.3 is 10.1 Å². The Morgan fingerprint density at radius 1 is 1.00 bits per heavy atom. The summed E-state index contributed by atoms with van der Waals surface area (Å²) in [5.41, 5.74) is 8.69. The van der Waals surface area contributed by atoms with E-state index in [0.29, 0.717) is 12.1 Å². The molecule has 0 bridgehead atoms. The number of hydrogen-bond donors (Lipinski definition) is 1. The van der Waals surface area contributed by atoms with Crippen molar-refractivity contribution in [3.05, 3.63) is 33.4 Å². The van der Waals surface area contributed by atoms with Gasteiger partial charge in [-0.3, -0.25) is 0 Å². The molecule has 21 heavy (non-hydrogen) atoms. The monoisotopic (exact) mass is 289 g/mol. The molecular weight excluding hydrogens is 258 g/mol. The Kier molecular flexibility index (Phi) is 5.45. The van der Waals surface area contributed by atoms with Crippen molar-refractivity contribution in [1.29, 1.82) is 0 Å². The molecule has 1 aliphatic rings. The second-order valence-electron chi connectivity index (χ2n) is 6.52. The first-order chi connectivity index (χ1) is 9.99. The zero-order chi connectivity index (χ0) is 15.6. The Morgan fingerprint density at radius 3 is 2.05 bits per heavy atom. The summed E-state index contributed by atoms with van der Waals surface area (Å²) in [5.74, 6) is 0. The van der Waals surface area contributed by atoms with E-state index in [1.54, 1.807) is 0 Å². The van der Waals surface area contributed by atoms with Crippen LogP contribution in [-0.4, -0.2) is 19.3 Å². The highest BCUT2D eigenvalue weighted by Gasteiger charge is 2.30. The van der Waals surface area contributed by atoms with Crippen LogP contribution in [0, 0.1) is 34.6 Å². The Morgan fingerprint density at radius 2 is 1.57 bits per heavy atom. The van der Waals surface area contributed by atoms with Gasteiger partial charge in [0.25, 0.3) is 0 Å². The van der Waals surface area contributed by atoms with Crippen LogP contribution >= 0.6 is 0 Å². The van der Waals surface area contributed by atoms with Crippen LogP contribution in [-0.2, 0) is 4.74 Å². The maximum Gasteiger partial charge on any atom is 0.0770 e. The summed E-state index contributed by atoms with van der Waals surface area (Å²) in [7, 11) is 0. The zero-order valence-corrected chi connectivity index (χ0v) is 14.6. The number of hydrogen-bond acceptors (Lipinski definition) is 2. The highest BCUT2D eigenvalue weighted by molar-refractivity contribution is 5.51. The summed E-state index contributed by atoms with van der Waals surface area (Å²) in [6.45, 7) is 15.5. The van der Waals surface area contributed by atoms with Gasteiger partial charge >= 0.3 is 0 Å². The Labute approximate surface area is 130 Å². The third-order valence-electron chi connectivity index (χ3n) is 5.32. The summed E-state index contributed by atoms with van der Waals surface area (Å²) in [4.78, 5) is 0. The van der Waals surface area contributed by atoms with Crippen molar-refractivity contribution in [2.45, 2.75) is 73.0 Å². The van der Waals surface area contributed by atoms with E-state index in [0.717, 1.165) is 19.6 Å². The van der Waals surface area contributed by atoms with Crippen LogP contribution in [0.4, 0.5) is 0 Å². The molecule has 1 heterocycles. The molecule has 2 atom stereocenters. The fourth-order valence-electron chi connectivity index (χ4n) is 3.58. The summed E-state index contributed by atoms with van der Waals surface area (Å²) in [5, 5.41) is 3.76. The lowest BCUT2D eigenvalue weighted by Gasteiger charge is -2.30. The Balaban J connectivity index is 2.48. The Hall–Kier alpha value is -0.860. The average Bonchev–Trinajstić information content (AvgIpc) is 3.00. The molecule has 0 spiro atoms. The zero-order valence-electron chi connectivity index (χ0n) is 14.6. The first kappa shape index (κ1) is 16.5. The lowest BCUT2D eigenvalue weighted by Crippen LogP contribution is -2.33. The number of nitrogens with one attached hydrogen (secondary N) is 1. The maximum atomic E-state index is 6.02. The van der Waals surface area contributed by atoms with Crippen LogP contribution in [0.2, 0.25) is 0 Å². The van der Waals surface area contributed by atoms with Crippen molar-refractivity contribution in [3.8, 4) is 0 Å². The summed E-state index contributed by atoms with van der Waals surface area (Å²) in [6, 6.07) is 0.338. The van der Waals surface area contributed by atoms with E-state index in [2.05, 4.69) is 46.9 Å². The predicted molar refractivity (Wildman–Crippen MR) is 90.1 cm³/mol. The van der Waals surface area contributed by atoms with Crippen LogP contribution in [0.3, 0.4) is 0 Å². The van der Waals surface area contributed by atoms with Crippen LogP contribution in [0.25, 0.3) is 0 Å². The molecule has 0 aliphatic carbocycles. The molecule has 2 unspecified atom stereocenters. The molecule has 0 saturated carbocycles. The van der Waals surface area contributed by atoms with E-state index in [1.165, 1.54) is 46.2 Å². The van der Waals surface area contributed by atoms with Crippen molar-refractivity contribution in [1.82, 2.24) is 5.32 Å². The van der Waals surface area contributed by atoms with Crippen molar-refractivity contribution in [3.63, 3.8) is 0 Å². The fourth-order valence-corrected chi connectivity index (χ4v) is 3.58. The molecule has 2 nitrogen and oxygen atoms in total. The molecular formula is C19H31NO. The second kappa shape index (κ2) is 6.93. The van der Waals surface area contributed by atoms with Crippen molar-refractivity contribution in [2.24, 2.45) is 0 Å². The molecule has 0 radical (unpaired) electrons. The van der Waals surface area contributed by atoms with E-state index < -0.39 is 0 Å². The van der Waals surface area contributed by atoms with Gasteiger partial charge in [0.1, 0.15) is 0 Å². The molecule has 1 aromatic carbocycles. The smallest absolute Gasteiger partial charge is 0.0770 e. The van der Waals surface area contributed by atoms with E-state index in [-0.39, 0.29) is 0 Å². The van der Waals surface area contributed by atoms with E-state index in [4.69, 9.17) is 4.74 Å². The van der Waals surface area contributed by atoms with Gasteiger partial charge in [-0.05, 0) is 93.8 Å². The van der Waals surface area contributed by atoms with Gasteiger partial charge in [-0.1, -0.05) is 6.92 Å². The molecule has 2 heteroatoms. The number of rotatable bonds is 5. The topological polar surface area (TPSA) is 21.3 Å². The van der Waals surface area contributed by atoms with E-state index >= 15 is 0 Å². The maximum absolute atomic E-state index is 6.02. The van der Waals surface area contributed by atoms with Gasteiger partial charge in [-0.25, -0.2) is 0 Å². The van der Waals surface area contributed by atoms with Crippen molar-refractivity contribution >= 4 is 0 Å². The van der Waals surface area contributed by atoms with Gasteiger partial charge in [-0.2, -0.15) is 0 Å². The average molecular weight is 289 g/mol. The van der Waals surface area contributed by atoms with Gasteiger partial charge in [0.15, 0.2) is 0 Å². The minimum Gasteiger partial charge on any atom is -0.376 e. The minimum atomic E-state index is 0.329. The van der Waals surface area contributed by atoms with Gasteiger partial charge in [0.2, 0.25) is 0 Å². The first-order valence-electron chi connectivity index (χ1n) is 8.40. The van der Waals surface area contributed by atoms with Crippen molar-refractivity contribution in [2.75, 3.05) is 13.2 Å². The first-order valence-corrected chi connectivity index (χ1v) is 8.40. The van der Waals surface area contributed by atoms with Crippen LogP contribution in [0.1, 0.15) is 65.6 Å². The summed E-state index contributed by atoms with van der Waals surface area (Å²) < 4.78 is 6.02. The molecule has 2 rings (SSSR count). The third-order valence-corrected chi connectivity index (χ3v) is 5.32. The molecule has 0 amide bonds. The minimum absolute atomic E-state index is 0.329. The van der Waals surface area contributed by atoms with Crippen LogP contribution in [0.15, 0.2) is 0 Å². The Bertz CT molecular complexity index is 472. The van der Waals surface area contributed by atoms with Crippen molar-refractivity contribution < 1.29 is 4.74 Å². The highest BCUT2D eigenvalue weighted by atomic mass is 16.5. The molecule has 0 aromatic heterocycles. The predicted octanol–water partition coefficient (Wildman–Crippen LogP) is 4.45. The van der Waals surface area contributed by atoms with Gasteiger partial charge in [0.05, 0.1) is 12.1 Å². The number of ether oxygens (including phenoxy) is 1. The fraction of sp³-hybridized carbons (Fsp3) is 0.684. The molecule has 1 aromatic rings. The van der Waals surface area contributed by atoms with Crippen LogP contribution in [0.5, 0.6) is 0 Å². The van der Waals surface area contributed by atoms with E-state index in [9.17, 15) is 0 Å². The largest absolute Gasteiger partial charge is 0.376 e. The lowest BCUT2D eigenvalue weighted by molar-refractivity contribution is 0.0778. The lowest BCUT2D eigenvalue weighted by atomic mass is 9.84. The molecule has 1 fully saturated rings. The third kappa shape index (κ3) is 3.17. The van der Waals surface area contributed by atoms with Gasteiger partial charge in [-0.15, -0.1) is 0 Å². The number of benzene rings is 1. The normalized spacial score (nSPS) is 20.0. The standard InChI is InChI=1S/C19H31NO/c1-7-10-20-19(17-9-8-11-21-17)18-15(5)13(3)12(2)14(4)16(18)6/h17,19-20H,7-11H2,1-6H3. The highest BCUT2D eigenvalue weighted by Crippen LogP contribution is 2.35. The SMILES string of the molecule is CCCNC(c1c(C)c(C)c(C)c(C)c1C)C1CCCO1. The molecule has 1 aliphatic heterocycles. The molecule has 118 valence electrons. The summed E-state index contributed by atoms with van der Waals surface area (Å²) >= 11 is 0. The van der Waals surface area contributed by atoms with Crippen LogP contribution < -0.4 is 5.32 Å². The molecule has 1 N–H and O–H groups in total. The summed E-state index contributed by atoms with van der Waals surface area (Å²) in [6.07, 6.45) is 3.85. The van der Waals surface area contributed by atoms with Gasteiger partial charge in [0, 0.05) is 6.61 Å². The second-order valence-corrected chi connectivity index (χ2v) is 6.52.